The Hall–Kier alpha value is -4.52. The van der Waals surface area contributed by atoms with Gasteiger partial charge in [0.05, 0.1) is 31.4 Å². The Bertz CT molecular complexity index is 1440. The van der Waals surface area contributed by atoms with Crippen LogP contribution in [0.15, 0.2) is 84.6 Å². The summed E-state index contributed by atoms with van der Waals surface area (Å²) in [6, 6.07) is 20.6. The van der Waals surface area contributed by atoms with Gasteiger partial charge in [0, 0.05) is 28.4 Å². The van der Waals surface area contributed by atoms with Gasteiger partial charge >= 0.3 is 0 Å². The van der Waals surface area contributed by atoms with E-state index in [9.17, 15) is 14.7 Å². The van der Waals surface area contributed by atoms with Gasteiger partial charge in [0.1, 0.15) is 17.3 Å². The molecular formula is C27H22N2O5. The Morgan fingerprint density at radius 2 is 1.68 bits per heavy atom. The summed E-state index contributed by atoms with van der Waals surface area (Å²) in [7, 11) is 2.98. The average Bonchev–Trinajstić information content (AvgIpc) is 3.42. The van der Waals surface area contributed by atoms with Crippen LogP contribution in [0.3, 0.4) is 0 Å². The monoisotopic (exact) mass is 454 g/mol. The number of fused-ring (bicyclic) bond motifs is 1. The molecule has 1 aliphatic heterocycles. The lowest BCUT2D eigenvalue weighted by Crippen LogP contribution is -2.29. The molecule has 5 rings (SSSR count). The number of nitrogens with zero attached hydrogens (tertiary/aromatic N) is 1. The molecule has 3 aromatic carbocycles. The van der Waals surface area contributed by atoms with Gasteiger partial charge in [-0.05, 0) is 36.4 Å². The van der Waals surface area contributed by atoms with Crippen molar-refractivity contribution in [1.29, 1.82) is 0 Å². The lowest BCUT2D eigenvalue weighted by Gasteiger charge is -2.25. The topological polar surface area (TPSA) is 91.9 Å². The second-order valence-electron chi connectivity index (χ2n) is 7.86. The molecule has 1 atom stereocenters. The summed E-state index contributed by atoms with van der Waals surface area (Å²) in [5.41, 5.74) is 2.34. The van der Waals surface area contributed by atoms with E-state index in [2.05, 4.69) is 4.98 Å². The molecule has 1 unspecified atom stereocenters. The zero-order valence-corrected chi connectivity index (χ0v) is 18.6. The van der Waals surface area contributed by atoms with Gasteiger partial charge in [-0.25, -0.2) is 0 Å². The smallest absolute Gasteiger partial charge is 0.300 e. The van der Waals surface area contributed by atoms with Crippen LogP contribution in [0.4, 0.5) is 5.69 Å². The number of carbonyl (C=O) groups is 2. The summed E-state index contributed by atoms with van der Waals surface area (Å²) in [5.74, 6) is -1.00. The van der Waals surface area contributed by atoms with Gasteiger partial charge in [0.25, 0.3) is 11.7 Å². The van der Waals surface area contributed by atoms with Gasteiger partial charge < -0.3 is 19.6 Å². The Kier molecular flexibility index (Phi) is 5.30. The summed E-state index contributed by atoms with van der Waals surface area (Å²) in [4.78, 5) is 31.4. The minimum atomic E-state index is -0.852. The number of aromatic amines is 1. The van der Waals surface area contributed by atoms with Crippen LogP contribution < -0.4 is 14.4 Å². The van der Waals surface area contributed by atoms with Gasteiger partial charge in [-0.15, -0.1) is 0 Å². The Labute approximate surface area is 195 Å². The zero-order chi connectivity index (χ0) is 23.8. The van der Waals surface area contributed by atoms with Crippen molar-refractivity contribution in [1.82, 2.24) is 4.98 Å². The van der Waals surface area contributed by atoms with E-state index < -0.39 is 17.7 Å². The SMILES string of the molecule is COc1ccc(OC)c(/C(O)=C2\C(=O)C(=O)N(c3ccccc3)C2c2c[nH]c3ccccc23)c1. The minimum absolute atomic E-state index is 0.0230. The summed E-state index contributed by atoms with van der Waals surface area (Å²) in [6.45, 7) is 0. The van der Waals surface area contributed by atoms with Crippen molar-refractivity contribution in [2.24, 2.45) is 0 Å². The standard InChI is InChI=1S/C27H22N2O5/c1-33-17-12-13-22(34-2)19(14-17)25(30)23-24(20-15-28-21-11-7-6-10-18(20)21)29(27(32)26(23)31)16-8-4-3-5-9-16/h3-15,24,28,30H,1-2H3/b25-23+. The van der Waals surface area contributed by atoms with E-state index in [4.69, 9.17) is 9.47 Å². The van der Waals surface area contributed by atoms with Crippen molar-refractivity contribution < 1.29 is 24.2 Å². The Morgan fingerprint density at radius 3 is 2.41 bits per heavy atom. The predicted octanol–water partition coefficient (Wildman–Crippen LogP) is 4.81. The van der Waals surface area contributed by atoms with E-state index in [0.29, 0.717) is 22.7 Å². The number of methoxy groups -OCH3 is 2. The van der Waals surface area contributed by atoms with E-state index in [-0.39, 0.29) is 16.9 Å². The molecule has 1 saturated heterocycles. The summed E-state index contributed by atoms with van der Waals surface area (Å²) in [6.07, 6.45) is 1.77. The van der Waals surface area contributed by atoms with E-state index >= 15 is 0 Å². The lowest BCUT2D eigenvalue weighted by atomic mass is 9.94. The molecule has 7 nitrogen and oxygen atoms in total. The molecule has 0 spiro atoms. The number of ketones is 1. The number of carbonyl (C=O) groups excluding carboxylic acids is 2. The summed E-state index contributed by atoms with van der Waals surface area (Å²) >= 11 is 0. The zero-order valence-electron chi connectivity index (χ0n) is 18.6. The van der Waals surface area contributed by atoms with Gasteiger partial charge in [-0.3, -0.25) is 14.5 Å². The molecule has 7 heteroatoms. The van der Waals surface area contributed by atoms with Crippen LogP contribution in [-0.4, -0.2) is 36.0 Å². The molecule has 2 heterocycles. The number of H-pyrrole nitrogens is 1. The largest absolute Gasteiger partial charge is 0.507 e. The molecule has 0 aliphatic carbocycles. The lowest BCUT2D eigenvalue weighted by molar-refractivity contribution is -0.132. The number of Topliss-reactive ketones (excluding diaryl/α,β-unsaturated/α-hetero) is 1. The van der Waals surface area contributed by atoms with Crippen molar-refractivity contribution in [3.63, 3.8) is 0 Å². The van der Waals surface area contributed by atoms with Crippen LogP contribution in [0.1, 0.15) is 17.2 Å². The number of nitrogens with one attached hydrogen (secondary N) is 1. The number of aliphatic hydroxyl groups excluding tert-OH is 1. The number of para-hydroxylation sites is 2. The van der Waals surface area contributed by atoms with Crippen molar-refractivity contribution in [2.75, 3.05) is 19.1 Å². The van der Waals surface area contributed by atoms with E-state index in [1.165, 1.54) is 19.1 Å². The molecule has 170 valence electrons. The second kappa shape index (κ2) is 8.44. The third-order valence-corrected chi connectivity index (χ3v) is 6.06. The van der Waals surface area contributed by atoms with Gasteiger partial charge in [0.15, 0.2) is 0 Å². The molecule has 2 N–H and O–H groups in total. The highest BCUT2D eigenvalue weighted by Crippen LogP contribution is 2.45. The Morgan fingerprint density at radius 1 is 0.941 bits per heavy atom. The van der Waals surface area contributed by atoms with Crippen molar-refractivity contribution in [2.45, 2.75) is 6.04 Å². The number of aliphatic hydroxyl groups is 1. The second-order valence-corrected chi connectivity index (χ2v) is 7.86. The van der Waals surface area contributed by atoms with Gasteiger partial charge in [-0.2, -0.15) is 0 Å². The molecular weight excluding hydrogens is 432 g/mol. The van der Waals surface area contributed by atoms with Gasteiger partial charge in [0.2, 0.25) is 0 Å². The molecule has 0 radical (unpaired) electrons. The number of ether oxygens (including phenoxy) is 2. The quantitative estimate of drug-likeness (QED) is 0.257. The number of hydrogen-bond donors (Lipinski definition) is 2. The van der Waals surface area contributed by atoms with Crippen LogP contribution in [-0.2, 0) is 9.59 Å². The first kappa shape index (κ1) is 21.3. The molecule has 1 aliphatic rings. The molecule has 0 bridgehead atoms. The summed E-state index contributed by atoms with van der Waals surface area (Å²) < 4.78 is 10.7. The Balaban J connectivity index is 1.80. The minimum Gasteiger partial charge on any atom is -0.507 e. The number of anilines is 1. The van der Waals surface area contributed by atoms with Crippen LogP contribution in [0.5, 0.6) is 11.5 Å². The first-order valence-corrected chi connectivity index (χ1v) is 10.7. The predicted molar refractivity (Wildman–Crippen MR) is 129 cm³/mol. The van der Waals surface area contributed by atoms with E-state index in [0.717, 1.165) is 10.9 Å². The fourth-order valence-electron chi connectivity index (χ4n) is 4.45. The fraction of sp³-hybridized carbons (Fsp3) is 0.111. The van der Waals surface area contributed by atoms with Crippen LogP contribution in [0, 0.1) is 0 Å². The molecule has 1 fully saturated rings. The van der Waals surface area contributed by atoms with Crippen molar-refractivity contribution in [3.8, 4) is 11.5 Å². The van der Waals surface area contributed by atoms with E-state index in [1.807, 2.05) is 30.3 Å². The first-order valence-electron chi connectivity index (χ1n) is 10.7. The van der Waals surface area contributed by atoms with Crippen LogP contribution in [0.2, 0.25) is 0 Å². The molecule has 4 aromatic rings. The summed E-state index contributed by atoms with van der Waals surface area (Å²) in [5, 5.41) is 12.3. The van der Waals surface area contributed by atoms with Gasteiger partial charge in [-0.1, -0.05) is 36.4 Å². The maximum absolute atomic E-state index is 13.4. The third-order valence-electron chi connectivity index (χ3n) is 6.06. The number of rotatable bonds is 5. The number of benzene rings is 3. The number of aromatic nitrogens is 1. The maximum atomic E-state index is 13.4. The maximum Gasteiger partial charge on any atom is 0.300 e. The average molecular weight is 454 g/mol. The third kappa shape index (κ3) is 3.29. The van der Waals surface area contributed by atoms with Crippen LogP contribution in [0.25, 0.3) is 16.7 Å². The fourth-order valence-corrected chi connectivity index (χ4v) is 4.45. The molecule has 34 heavy (non-hydrogen) atoms. The normalized spacial score (nSPS) is 17.4. The van der Waals surface area contributed by atoms with Crippen molar-refractivity contribution >= 4 is 34.0 Å². The van der Waals surface area contributed by atoms with Crippen molar-refractivity contribution in [3.05, 3.63) is 95.7 Å². The van der Waals surface area contributed by atoms with E-state index in [1.54, 1.807) is 48.7 Å². The highest BCUT2D eigenvalue weighted by Gasteiger charge is 2.48. The van der Waals surface area contributed by atoms with Crippen LogP contribution >= 0.6 is 0 Å². The highest BCUT2D eigenvalue weighted by molar-refractivity contribution is 6.52. The molecule has 0 saturated carbocycles. The number of hydrogen-bond acceptors (Lipinski definition) is 5. The molecule has 1 aromatic heterocycles. The first-order chi connectivity index (χ1) is 16.5. The number of amides is 1. The highest BCUT2D eigenvalue weighted by atomic mass is 16.5. The molecule has 1 amide bonds.